The zero-order valence-electron chi connectivity index (χ0n) is 9.09. The Bertz CT molecular complexity index is 447. The van der Waals surface area contributed by atoms with Gasteiger partial charge in [-0.25, -0.2) is 4.52 Å². The van der Waals surface area contributed by atoms with Gasteiger partial charge in [-0.05, 0) is 12.3 Å². The van der Waals surface area contributed by atoms with Crippen molar-refractivity contribution in [2.24, 2.45) is 11.7 Å². The molecule has 4 nitrogen and oxygen atoms in total. The summed E-state index contributed by atoms with van der Waals surface area (Å²) in [5, 5.41) is 4.24. The second-order valence-corrected chi connectivity index (χ2v) is 4.24. The van der Waals surface area contributed by atoms with Crippen molar-refractivity contribution in [2.45, 2.75) is 26.3 Å². The van der Waals surface area contributed by atoms with Crippen LogP contribution in [0.3, 0.4) is 0 Å². The highest BCUT2D eigenvalue weighted by Gasteiger charge is 2.13. The van der Waals surface area contributed by atoms with Crippen LogP contribution in [0.2, 0.25) is 0 Å². The molecule has 0 radical (unpaired) electrons. The molecule has 0 bridgehead atoms. The second kappa shape index (κ2) is 3.98. The van der Waals surface area contributed by atoms with Gasteiger partial charge in [0.2, 0.25) is 0 Å². The molecule has 0 amide bonds. The van der Waals surface area contributed by atoms with Gasteiger partial charge in [0.1, 0.15) is 0 Å². The van der Waals surface area contributed by atoms with Gasteiger partial charge in [-0.15, -0.1) is 0 Å². The van der Waals surface area contributed by atoms with Crippen molar-refractivity contribution in [1.82, 2.24) is 14.6 Å². The summed E-state index contributed by atoms with van der Waals surface area (Å²) in [7, 11) is 0. The van der Waals surface area contributed by atoms with Crippen molar-refractivity contribution in [1.29, 1.82) is 0 Å². The summed E-state index contributed by atoms with van der Waals surface area (Å²) in [6.07, 6.45) is 8.17. The summed E-state index contributed by atoms with van der Waals surface area (Å²) >= 11 is 0. The minimum absolute atomic E-state index is 0.0479. The number of nitrogens with zero attached hydrogens (tertiary/aromatic N) is 3. The van der Waals surface area contributed by atoms with E-state index in [9.17, 15) is 0 Å². The van der Waals surface area contributed by atoms with E-state index in [1.165, 1.54) is 0 Å². The number of hydrogen-bond acceptors (Lipinski definition) is 3. The van der Waals surface area contributed by atoms with E-state index in [1.54, 1.807) is 6.20 Å². The first-order valence-corrected chi connectivity index (χ1v) is 5.21. The van der Waals surface area contributed by atoms with Crippen LogP contribution in [0.15, 0.2) is 24.8 Å². The molecule has 80 valence electrons. The molecule has 0 saturated heterocycles. The molecule has 2 aromatic rings. The van der Waals surface area contributed by atoms with Crippen LogP contribution in [-0.2, 0) is 0 Å². The summed E-state index contributed by atoms with van der Waals surface area (Å²) < 4.78 is 1.81. The highest BCUT2D eigenvalue weighted by molar-refractivity contribution is 5.52. The van der Waals surface area contributed by atoms with Gasteiger partial charge in [0.25, 0.3) is 0 Å². The topological polar surface area (TPSA) is 56.2 Å². The van der Waals surface area contributed by atoms with Gasteiger partial charge in [0.05, 0.1) is 17.9 Å². The van der Waals surface area contributed by atoms with Gasteiger partial charge in [-0.1, -0.05) is 13.8 Å². The van der Waals surface area contributed by atoms with E-state index >= 15 is 0 Å². The number of fused-ring (bicyclic) bond motifs is 1. The van der Waals surface area contributed by atoms with Crippen molar-refractivity contribution < 1.29 is 0 Å². The Morgan fingerprint density at radius 1 is 1.40 bits per heavy atom. The molecule has 0 aliphatic carbocycles. The molecule has 1 unspecified atom stereocenters. The Morgan fingerprint density at radius 2 is 2.20 bits per heavy atom. The van der Waals surface area contributed by atoms with Crippen LogP contribution < -0.4 is 5.73 Å². The Balaban J connectivity index is 2.35. The summed E-state index contributed by atoms with van der Waals surface area (Å²) in [5.41, 5.74) is 8.21. The number of hydrogen-bond donors (Lipinski definition) is 1. The van der Waals surface area contributed by atoms with E-state index in [-0.39, 0.29) is 6.04 Å². The molecular weight excluding hydrogens is 188 g/mol. The van der Waals surface area contributed by atoms with Crippen LogP contribution in [0.4, 0.5) is 0 Å². The molecule has 0 aromatic carbocycles. The number of rotatable bonds is 3. The fourth-order valence-corrected chi connectivity index (χ4v) is 1.77. The van der Waals surface area contributed by atoms with Crippen molar-refractivity contribution in [2.75, 3.05) is 0 Å². The van der Waals surface area contributed by atoms with E-state index < -0.39 is 0 Å². The van der Waals surface area contributed by atoms with E-state index in [1.807, 2.05) is 23.1 Å². The minimum Gasteiger partial charge on any atom is -0.324 e. The van der Waals surface area contributed by atoms with Gasteiger partial charge in [-0.2, -0.15) is 5.10 Å². The predicted octanol–water partition coefficient (Wildman–Crippen LogP) is 1.78. The first-order valence-electron chi connectivity index (χ1n) is 5.21. The van der Waals surface area contributed by atoms with Crippen LogP contribution in [0, 0.1) is 5.92 Å². The van der Waals surface area contributed by atoms with E-state index in [0.717, 1.165) is 17.5 Å². The monoisotopic (exact) mass is 204 g/mol. The van der Waals surface area contributed by atoms with Gasteiger partial charge in [-0.3, -0.25) is 4.98 Å². The molecule has 0 fully saturated rings. The Labute approximate surface area is 89.1 Å². The lowest BCUT2D eigenvalue weighted by Crippen LogP contribution is -2.12. The van der Waals surface area contributed by atoms with E-state index in [0.29, 0.717) is 5.92 Å². The standard InChI is InChI=1S/C11H16N4/c1-8(2)5-10(12)9-6-14-15-4-3-13-7-11(9)15/h3-4,6-8,10H,5,12H2,1-2H3. The molecule has 0 spiro atoms. The predicted molar refractivity (Wildman–Crippen MR) is 59.4 cm³/mol. The van der Waals surface area contributed by atoms with Crippen LogP contribution >= 0.6 is 0 Å². The molecule has 0 aliphatic rings. The van der Waals surface area contributed by atoms with Gasteiger partial charge in [0, 0.05) is 24.0 Å². The summed E-state index contributed by atoms with van der Waals surface area (Å²) in [6, 6.07) is 0.0479. The quantitative estimate of drug-likeness (QED) is 0.829. The highest BCUT2D eigenvalue weighted by Crippen LogP contribution is 2.21. The third-order valence-corrected chi connectivity index (χ3v) is 2.48. The van der Waals surface area contributed by atoms with Crippen molar-refractivity contribution >= 4 is 5.52 Å². The van der Waals surface area contributed by atoms with Crippen LogP contribution in [0.25, 0.3) is 5.52 Å². The lowest BCUT2D eigenvalue weighted by Gasteiger charge is -2.12. The van der Waals surface area contributed by atoms with Crippen molar-refractivity contribution in [3.05, 3.63) is 30.4 Å². The number of aromatic nitrogens is 3. The lowest BCUT2D eigenvalue weighted by atomic mass is 9.99. The third kappa shape index (κ3) is 1.99. The molecule has 2 heterocycles. The van der Waals surface area contributed by atoms with Gasteiger partial charge in [0.15, 0.2) is 0 Å². The summed E-state index contributed by atoms with van der Waals surface area (Å²) in [6.45, 7) is 4.34. The molecule has 2 N–H and O–H groups in total. The molecule has 15 heavy (non-hydrogen) atoms. The van der Waals surface area contributed by atoms with E-state index in [2.05, 4.69) is 23.9 Å². The Kier molecular flexibility index (Phi) is 2.68. The number of nitrogens with two attached hydrogens (primary N) is 1. The third-order valence-electron chi connectivity index (χ3n) is 2.48. The smallest absolute Gasteiger partial charge is 0.0892 e. The first-order chi connectivity index (χ1) is 7.18. The lowest BCUT2D eigenvalue weighted by molar-refractivity contribution is 0.512. The zero-order valence-corrected chi connectivity index (χ0v) is 9.09. The SMILES string of the molecule is CC(C)CC(N)c1cnn2ccncc12. The van der Waals surface area contributed by atoms with Crippen molar-refractivity contribution in [3.63, 3.8) is 0 Å². The Morgan fingerprint density at radius 3 is 2.93 bits per heavy atom. The zero-order chi connectivity index (χ0) is 10.8. The van der Waals surface area contributed by atoms with Crippen LogP contribution in [0.1, 0.15) is 31.9 Å². The maximum absolute atomic E-state index is 6.13. The molecule has 4 heteroatoms. The Hall–Kier alpha value is -1.42. The second-order valence-electron chi connectivity index (χ2n) is 4.24. The normalized spacial score (nSPS) is 13.6. The van der Waals surface area contributed by atoms with Crippen molar-refractivity contribution in [3.8, 4) is 0 Å². The molecule has 2 aromatic heterocycles. The van der Waals surface area contributed by atoms with Crippen LogP contribution in [0.5, 0.6) is 0 Å². The molecule has 0 aliphatic heterocycles. The molecule has 2 rings (SSSR count). The minimum atomic E-state index is 0.0479. The molecular formula is C11H16N4. The average Bonchev–Trinajstić information content (AvgIpc) is 2.59. The summed E-state index contributed by atoms with van der Waals surface area (Å²) in [5.74, 6) is 0.589. The first kappa shape index (κ1) is 10.1. The maximum atomic E-state index is 6.13. The fourth-order valence-electron chi connectivity index (χ4n) is 1.77. The van der Waals surface area contributed by atoms with Gasteiger partial charge >= 0.3 is 0 Å². The molecule has 1 atom stereocenters. The van der Waals surface area contributed by atoms with Gasteiger partial charge < -0.3 is 5.73 Å². The molecule has 0 saturated carbocycles. The fraction of sp³-hybridized carbons (Fsp3) is 0.455. The largest absolute Gasteiger partial charge is 0.324 e. The highest BCUT2D eigenvalue weighted by atomic mass is 15.2. The maximum Gasteiger partial charge on any atom is 0.0892 e. The average molecular weight is 204 g/mol. The van der Waals surface area contributed by atoms with E-state index in [4.69, 9.17) is 5.73 Å². The van der Waals surface area contributed by atoms with Crippen LogP contribution in [-0.4, -0.2) is 14.6 Å². The summed E-state index contributed by atoms with van der Waals surface area (Å²) in [4.78, 5) is 4.09.